The molecule has 19 heavy (non-hydrogen) atoms. The number of fused-ring (bicyclic) bond motifs is 1. The monoisotopic (exact) mass is 275 g/mol. The van der Waals surface area contributed by atoms with E-state index in [9.17, 15) is 4.79 Å². The molecule has 0 radical (unpaired) electrons. The number of carbonyl (C=O) groups excluding carboxylic acids is 1. The van der Waals surface area contributed by atoms with Gasteiger partial charge in [0, 0.05) is 10.9 Å². The van der Waals surface area contributed by atoms with Crippen LogP contribution in [0.15, 0.2) is 29.6 Å². The van der Waals surface area contributed by atoms with Gasteiger partial charge < -0.3 is 15.8 Å². The number of para-hydroxylation sites is 1. The zero-order valence-corrected chi connectivity index (χ0v) is 10.9. The number of ether oxygens (including phenoxy) is 1. The summed E-state index contributed by atoms with van der Waals surface area (Å²) in [5.41, 5.74) is 7.26. The lowest BCUT2D eigenvalue weighted by Gasteiger charge is -2.10. The van der Waals surface area contributed by atoms with Crippen molar-refractivity contribution in [1.82, 2.24) is 10.3 Å². The second-order valence-electron chi connectivity index (χ2n) is 4.32. The number of carbonyl (C=O) groups is 1. The number of benzene rings is 1. The molecule has 1 aromatic heterocycles. The molecule has 0 aliphatic carbocycles. The first-order valence-corrected chi connectivity index (χ1v) is 6.81. The van der Waals surface area contributed by atoms with Crippen molar-refractivity contribution >= 4 is 22.4 Å². The highest BCUT2D eigenvalue weighted by atomic mass is 32.1. The predicted molar refractivity (Wildman–Crippen MR) is 73.1 cm³/mol. The van der Waals surface area contributed by atoms with E-state index in [2.05, 4.69) is 10.3 Å². The van der Waals surface area contributed by atoms with E-state index in [4.69, 9.17) is 10.5 Å². The Morgan fingerprint density at radius 1 is 1.53 bits per heavy atom. The SMILES string of the molecule is Nc1nc(CC(=O)NC2COc3ccccc32)cs1. The summed E-state index contributed by atoms with van der Waals surface area (Å²) in [4.78, 5) is 16.0. The van der Waals surface area contributed by atoms with Gasteiger partial charge in [0.05, 0.1) is 18.2 Å². The fraction of sp³-hybridized carbons (Fsp3) is 0.231. The van der Waals surface area contributed by atoms with Gasteiger partial charge in [0.25, 0.3) is 0 Å². The third kappa shape index (κ3) is 2.53. The molecule has 5 nitrogen and oxygen atoms in total. The molecule has 0 bridgehead atoms. The van der Waals surface area contributed by atoms with Crippen LogP contribution in [0.3, 0.4) is 0 Å². The maximum absolute atomic E-state index is 11.9. The summed E-state index contributed by atoms with van der Waals surface area (Å²) in [6, 6.07) is 7.64. The third-order valence-electron chi connectivity index (χ3n) is 2.95. The van der Waals surface area contributed by atoms with Crippen LogP contribution in [0.4, 0.5) is 5.13 Å². The number of rotatable bonds is 3. The molecule has 2 heterocycles. The Morgan fingerprint density at radius 2 is 2.37 bits per heavy atom. The highest BCUT2D eigenvalue weighted by Crippen LogP contribution is 2.31. The molecule has 1 amide bonds. The van der Waals surface area contributed by atoms with Gasteiger partial charge in [-0.25, -0.2) is 4.98 Å². The lowest BCUT2D eigenvalue weighted by molar-refractivity contribution is -0.121. The van der Waals surface area contributed by atoms with E-state index in [1.165, 1.54) is 11.3 Å². The zero-order chi connectivity index (χ0) is 13.2. The number of nitrogens with zero attached hydrogens (tertiary/aromatic N) is 1. The van der Waals surface area contributed by atoms with Crippen LogP contribution in [-0.2, 0) is 11.2 Å². The first-order chi connectivity index (χ1) is 9.22. The first-order valence-electron chi connectivity index (χ1n) is 5.93. The van der Waals surface area contributed by atoms with E-state index in [0.29, 0.717) is 17.4 Å². The van der Waals surface area contributed by atoms with Gasteiger partial charge in [-0.15, -0.1) is 11.3 Å². The fourth-order valence-electron chi connectivity index (χ4n) is 2.10. The van der Waals surface area contributed by atoms with Crippen LogP contribution >= 0.6 is 11.3 Å². The molecule has 1 aliphatic heterocycles. The van der Waals surface area contributed by atoms with Gasteiger partial charge in [0.1, 0.15) is 12.4 Å². The molecule has 1 atom stereocenters. The van der Waals surface area contributed by atoms with Gasteiger partial charge >= 0.3 is 0 Å². The van der Waals surface area contributed by atoms with E-state index in [1.54, 1.807) is 5.38 Å². The predicted octanol–water partition coefficient (Wildman–Crippen LogP) is 1.52. The molecular formula is C13H13N3O2S. The van der Waals surface area contributed by atoms with E-state index in [-0.39, 0.29) is 18.4 Å². The summed E-state index contributed by atoms with van der Waals surface area (Å²) in [7, 11) is 0. The van der Waals surface area contributed by atoms with Crippen LogP contribution in [0.5, 0.6) is 5.75 Å². The molecule has 1 aromatic carbocycles. The highest BCUT2D eigenvalue weighted by Gasteiger charge is 2.25. The largest absolute Gasteiger partial charge is 0.491 e. The highest BCUT2D eigenvalue weighted by molar-refractivity contribution is 7.13. The topological polar surface area (TPSA) is 77.2 Å². The van der Waals surface area contributed by atoms with Crippen LogP contribution in [0, 0.1) is 0 Å². The quantitative estimate of drug-likeness (QED) is 0.890. The molecule has 0 fully saturated rings. The summed E-state index contributed by atoms with van der Waals surface area (Å²) < 4.78 is 5.52. The Bertz CT molecular complexity index is 611. The van der Waals surface area contributed by atoms with E-state index < -0.39 is 0 Å². The van der Waals surface area contributed by atoms with Gasteiger partial charge in [-0.3, -0.25) is 4.79 Å². The summed E-state index contributed by atoms with van der Waals surface area (Å²) in [5, 5.41) is 5.24. The van der Waals surface area contributed by atoms with Crippen LogP contribution in [0.2, 0.25) is 0 Å². The van der Waals surface area contributed by atoms with Crippen molar-refractivity contribution in [3.63, 3.8) is 0 Å². The minimum atomic E-state index is -0.0836. The van der Waals surface area contributed by atoms with Gasteiger partial charge in [0.2, 0.25) is 5.91 Å². The molecule has 0 spiro atoms. The van der Waals surface area contributed by atoms with E-state index in [1.807, 2.05) is 24.3 Å². The van der Waals surface area contributed by atoms with Crippen molar-refractivity contribution in [2.24, 2.45) is 0 Å². The molecule has 0 saturated heterocycles. The molecule has 3 rings (SSSR count). The number of hydrogen-bond acceptors (Lipinski definition) is 5. The molecule has 98 valence electrons. The lowest BCUT2D eigenvalue weighted by atomic mass is 10.1. The van der Waals surface area contributed by atoms with Gasteiger partial charge in [-0.1, -0.05) is 18.2 Å². The van der Waals surface area contributed by atoms with Crippen molar-refractivity contribution in [1.29, 1.82) is 0 Å². The number of thiazole rings is 1. The van der Waals surface area contributed by atoms with Crippen LogP contribution < -0.4 is 15.8 Å². The average Bonchev–Trinajstić information content (AvgIpc) is 2.97. The summed E-state index contributed by atoms with van der Waals surface area (Å²) >= 11 is 1.34. The maximum Gasteiger partial charge on any atom is 0.226 e. The molecule has 1 aliphatic rings. The summed E-state index contributed by atoms with van der Waals surface area (Å²) in [6.45, 7) is 0.476. The minimum Gasteiger partial charge on any atom is -0.491 e. The van der Waals surface area contributed by atoms with Gasteiger partial charge in [0.15, 0.2) is 5.13 Å². The lowest BCUT2D eigenvalue weighted by Crippen LogP contribution is -2.30. The standard InChI is InChI=1S/C13H13N3O2S/c14-13-15-8(7-19-13)5-12(17)16-10-6-18-11-4-2-1-3-9(10)11/h1-4,7,10H,5-6H2,(H2,14,15)(H,16,17). The minimum absolute atomic E-state index is 0.0735. The Labute approximate surface area is 114 Å². The van der Waals surface area contributed by atoms with Gasteiger partial charge in [-0.2, -0.15) is 0 Å². The molecule has 2 aromatic rings. The van der Waals surface area contributed by atoms with Crippen LogP contribution in [0.25, 0.3) is 0 Å². The van der Waals surface area contributed by atoms with Crippen molar-refractivity contribution in [3.8, 4) is 5.75 Å². The van der Waals surface area contributed by atoms with Crippen molar-refractivity contribution in [2.45, 2.75) is 12.5 Å². The molecule has 0 saturated carbocycles. The maximum atomic E-state index is 11.9. The number of aromatic nitrogens is 1. The zero-order valence-electron chi connectivity index (χ0n) is 10.1. The molecule has 6 heteroatoms. The Kier molecular flexibility index (Phi) is 3.08. The van der Waals surface area contributed by atoms with Crippen molar-refractivity contribution in [2.75, 3.05) is 12.3 Å². The van der Waals surface area contributed by atoms with Gasteiger partial charge in [-0.05, 0) is 6.07 Å². The normalized spacial score (nSPS) is 16.7. The Morgan fingerprint density at radius 3 is 3.16 bits per heavy atom. The summed E-state index contributed by atoms with van der Waals surface area (Å²) in [5.74, 6) is 0.765. The third-order valence-corrected chi connectivity index (χ3v) is 3.67. The van der Waals surface area contributed by atoms with E-state index in [0.717, 1.165) is 11.3 Å². The first kappa shape index (κ1) is 12.0. The Balaban J connectivity index is 1.65. The number of nitrogens with two attached hydrogens (primary N) is 1. The molecule has 1 unspecified atom stereocenters. The summed E-state index contributed by atoms with van der Waals surface area (Å²) in [6.07, 6.45) is 0.242. The van der Waals surface area contributed by atoms with Crippen LogP contribution in [-0.4, -0.2) is 17.5 Å². The smallest absolute Gasteiger partial charge is 0.226 e. The Hall–Kier alpha value is -2.08. The second kappa shape index (κ2) is 4.89. The number of amides is 1. The fourth-order valence-corrected chi connectivity index (χ4v) is 2.66. The molecule has 3 N–H and O–H groups in total. The van der Waals surface area contributed by atoms with Crippen molar-refractivity contribution in [3.05, 3.63) is 40.9 Å². The van der Waals surface area contributed by atoms with E-state index >= 15 is 0 Å². The average molecular weight is 275 g/mol. The molecular weight excluding hydrogens is 262 g/mol. The van der Waals surface area contributed by atoms with Crippen molar-refractivity contribution < 1.29 is 9.53 Å². The van der Waals surface area contributed by atoms with Crippen LogP contribution in [0.1, 0.15) is 17.3 Å². The number of hydrogen-bond donors (Lipinski definition) is 2. The number of anilines is 1. The number of nitrogens with one attached hydrogen (secondary N) is 1. The number of nitrogen functional groups attached to an aromatic ring is 1. The second-order valence-corrected chi connectivity index (χ2v) is 5.21.